The number of ether oxygens (including phenoxy) is 2. The summed E-state index contributed by atoms with van der Waals surface area (Å²) in [4.78, 5) is 19.5. The van der Waals surface area contributed by atoms with Crippen LogP contribution in [0.5, 0.6) is 10.9 Å². The molecule has 1 aromatic carbocycles. The van der Waals surface area contributed by atoms with Crippen LogP contribution in [0.15, 0.2) is 47.0 Å². The number of furan rings is 1. The lowest BCUT2D eigenvalue weighted by Crippen LogP contribution is -2.36. The fourth-order valence-electron chi connectivity index (χ4n) is 3.97. The first kappa shape index (κ1) is 19.0. The molecule has 2 aliphatic heterocycles. The first-order valence-electron chi connectivity index (χ1n) is 9.57. The van der Waals surface area contributed by atoms with Crippen LogP contribution < -0.4 is 4.74 Å². The SMILES string of the molecule is O=CO.c1cnc2nc(Oc3ccc4cc(CN5CC6CC5CO6)oc4c3)sc2c1. The molecule has 2 bridgehead atoms. The number of rotatable bonds is 4. The maximum atomic E-state index is 8.36. The molecule has 0 saturated carbocycles. The zero-order valence-electron chi connectivity index (χ0n) is 15.9. The van der Waals surface area contributed by atoms with Gasteiger partial charge < -0.3 is 19.0 Å². The number of fused-ring (bicyclic) bond motifs is 4. The lowest BCUT2D eigenvalue weighted by Gasteiger charge is -2.25. The van der Waals surface area contributed by atoms with E-state index >= 15 is 0 Å². The molecule has 9 heteroatoms. The first-order valence-corrected chi connectivity index (χ1v) is 10.4. The largest absolute Gasteiger partial charge is 0.483 e. The molecule has 3 aromatic heterocycles. The van der Waals surface area contributed by atoms with Crippen LogP contribution in [-0.4, -0.2) is 51.7 Å². The smallest absolute Gasteiger partial charge is 0.290 e. The lowest BCUT2D eigenvalue weighted by molar-refractivity contribution is -0.122. The van der Waals surface area contributed by atoms with Crippen molar-refractivity contribution in [3.63, 3.8) is 0 Å². The van der Waals surface area contributed by atoms with Gasteiger partial charge in [0.2, 0.25) is 0 Å². The van der Waals surface area contributed by atoms with Gasteiger partial charge in [-0.2, -0.15) is 4.98 Å². The van der Waals surface area contributed by atoms with Crippen molar-refractivity contribution in [3.8, 4) is 10.9 Å². The highest BCUT2D eigenvalue weighted by Gasteiger charge is 2.39. The van der Waals surface area contributed by atoms with Crippen LogP contribution in [0.1, 0.15) is 12.2 Å². The van der Waals surface area contributed by atoms with Crippen LogP contribution in [0.25, 0.3) is 21.3 Å². The van der Waals surface area contributed by atoms with E-state index in [0.717, 1.165) is 53.3 Å². The molecule has 0 radical (unpaired) electrons. The van der Waals surface area contributed by atoms with Crippen LogP contribution in [0, 0.1) is 0 Å². The number of benzene rings is 1. The minimum absolute atomic E-state index is 0.250. The molecule has 5 heterocycles. The Bertz CT molecular complexity index is 1160. The summed E-state index contributed by atoms with van der Waals surface area (Å²) < 4.78 is 18.7. The third-order valence-electron chi connectivity index (χ3n) is 5.27. The molecule has 8 nitrogen and oxygen atoms in total. The summed E-state index contributed by atoms with van der Waals surface area (Å²) in [5, 5.41) is 8.56. The van der Waals surface area contributed by atoms with Crippen molar-refractivity contribution < 1.29 is 23.8 Å². The number of hydrogen-bond acceptors (Lipinski definition) is 8. The molecule has 154 valence electrons. The molecular weight excluding hydrogens is 406 g/mol. The molecular formula is C21H19N3O5S. The van der Waals surface area contributed by atoms with Crippen LogP contribution in [0.2, 0.25) is 0 Å². The second-order valence-electron chi connectivity index (χ2n) is 7.20. The maximum absolute atomic E-state index is 8.36. The van der Waals surface area contributed by atoms with Gasteiger partial charge in [-0.05, 0) is 36.8 Å². The zero-order chi connectivity index (χ0) is 20.5. The van der Waals surface area contributed by atoms with E-state index < -0.39 is 0 Å². The van der Waals surface area contributed by atoms with Gasteiger partial charge in [-0.1, -0.05) is 11.3 Å². The predicted octanol–water partition coefficient (Wildman–Crippen LogP) is 3.90. The summed E-state index contributed by atoms with van der Waals surface area (Å²) >= 11 is 1.49. The minimum Gasteiger partial charge on any atom is -0.483 e. The molecule has 2 saturated heterocycles. The van der Waals surface area contributed by atoms with Crippen LogP contribution in [-0.2, 0) is 16.1 Å². The number of nitrogens with zero attached hydrogens (tertiary/aromatic N) is 3. The van der Waals surface area contributed by atoms with Crippen molar-refractivity contribution >= 4 is 39.1 Å². The van der Waals surface area contributed by atoms with Gasteiger partial charge >= 0.3 is 0 Å². The Hall–Kier alpha value is -3.01. The van der Waals surface area contributed by atoms with Crippen LogP contribution >= 0.6 is 11.3 Å². The Morgan fingerprint density at radius 2 is 2.23 bits per heavy atom. The fourth-order valence-corrected chi connectivity index (χ4v) is 4.77. The number of morpholine rings is 1. The summed E-state index contributed by atoms with van der Waals surface area (Å²) in [6, 6.07) is 12.5. The average Bonchev–Trinajstić information content (AvgIpc) is 3.51. The predicted molar refractivity (Wildman–Crippen MR) is 111 cm³/mol. The molecule has 2 fully saturated rings. The van der Waals surface area contributed by atoms with Gasteiger partial charge in [0.15, 0.2) is 5.65 Å². The molecule has 6 rings (SSSR count). The summed E-state index contributed by atoms with van der Waals surface area (Å²) in [7, 11) is 0. The van der Waals surface area contributed by atoms with E-state index in [9.17, 15) is 0 Å². The van der Waals surface area contributed by atoms with Crippen molar-refractivity contribution in [1.82, 2.24) is 14.9 Å². The molecule has 0 aliphatic carbocycles. The molecule has 30 heavy (non-hydrogen) atoms. The van der Waals surface area contributed by atoms with Crippen molar-refractivity contribution in [2.45, 2.75) is 25.1 Å². The second kappa shape index (κ2) is 8.02. The molecule has 2 unspecified atom stereocenters. The topological polar surface area (TPSA) is 97.9 Å². The number of carboxylic acid groups (broad SMARTS) is 1. The van der Waals surface area contributed by atoms with Gasteiger partial charge in [-0.3, -0.25) is 9.69 Å². The normalized spacial score (nSPS) is 20.4. The number of hydrogen-bond donors (Lipinski definition) is 1. The van der Waals surface area contributed by atoms with Crippen LogP contribution in [0.4, 0.5) is 0 Å². The highest BCUT2D eigenvalue weighted by Crippen LogP contribution is 2.34. The number of pyridine rings is 1. The van der Waals surface area contributed by atoms with E-state index in [1.165, 1.54) is 11.3 Å². The summed E-state index contributed by atoms with van der Waals surface area (Å²) in [5.74, 6) is 1.70. The Balaban J connectivity index is 0.000000609. The van der Waals surface area contributed by atoms with E-state index in [-0.39, 0.29) is 6.47 Å². The Labute approximate surface area is 175 Å². The Kier molecular flexibility index (Phi) is 5.07. The highest BCUT2D eigenvalue weighted by atomic mass is 32.1. The van der Waals surface area contributed by atoms with Crippen LogP contribution in [0.3, 0.4) is 0 Å². The molecule has 4 aromatic rings. The van der Waals surface area contributed by atoms with E-state index in [0.29, 0.717) is 23.0 Å². The molecule has 1 N–H and O–H groups in total. The monoisotopic (exact) mass is 425 g/mol. The van der Waals surface area contributed by atoms with Gasteiger partial charge in [0.1, 0.15) is 17.1 Å². The third-order valence-corrected chi connectivity index (χ3v) is 6.15. The number of likely N-dealkylation sites (tertiary alicyclic amines) is 1. The van der Waals surface area contributed by atoms with Crippen molar-refractivity contribution in [1.29, 1.82) is 0 Å². The minimum atomic E-state index is -0.250. The third kappa shape index (κ3) is 3.74. The van der Waals surface area contributed by atoms with Crippen molar-refractivity contribution in [2.24, 2.45) is 0 Å². The summed E-state index contributed by atoms with van der Waals surface area (Å²) in [6.45, 7) is 2.43. The zero-order valence-corrected chi connectivity index (χ0v) is 16.7. The quantitative estimate of drug-likeness (QED) is 0.492. The van der Waals surface area contributed by atoms with Gasteiger partial charge in [0.25, 0.3) is 11.7 Å². The Morgan fingerprint density at radius 3 is 3.00 bits per heavy atom. The number of carbonyl (C=O) groups is 1. The van der Waals surface area contributed by atoms with Gasteiger partial charge in [-0.25, -0.2) is 4.98 Å². The highest BCUT2D eigenvalue weighted by molar-refractivity contribution is 7.20. The lowest BCUT2D eigenvalue weighted by atomic mass is 10.2. The van der Waals surface area contributed by atoms with Gasteiger partial charge in [-0.15, -0.1) is 0 Å². The maximum Gasteiger partial charge on any atom is 0.290 e. The average molecular weight is 425 g/mol. The number of thiazole rings is 1. The van der Waals surface area contributed by atoms with E-state index in [2.05, 4.69) is 20.9 Å². The van der Waals surface area contributed by atoms with Gasteiger partial charge in [0, 0.05) is 30.2 Å². The summed E-state index contributed by atoms with van der Waals surface area (Å²) in [6.07, 6.45) is 3.29. The van der Waals surface area contributed by atoms with Crippen molar-refractivity contribution in [3.05, 3.63) is 48.4 Å². The first-order chi connectivity index (χ1) is 14.7. The fraction of sp³-hybridized carbons (Fsp3) is 0.286. The second-order valence-corrected chi connectivity index (χ2v) is 8.19. The van der Waals surface area contributed by atoms with Crippen molar-refractivity contribution in [2.75, 3.05) is 13.2 Å². The Morgan fingerprint density at radius 1 is 1.33 bits per heavy atom. The van der Waals surface area contributed by atoms with E-state index in [1.54, 1.807) is 6.20 Å². The molecule has 0 spiro atoms. The molecule has 2 aliphatic rings. The molecule has 2 atom stereocenters. The standard InChI is InChI=1S/C20H17N3O3S.CH2O2/c1-2-18-19(21-5-1)22-20(27-18)26-14-4-3-12-6-16(25-17(12)8-14)10-23-9-15-7-13(23)11-24-15;2-1-3/h1-6,8,13,15H,7,9-11H2;1H,(H,2,3). The summed E-state index contributed by atoms with van der Waals surface area (Å²) in [5.41, 5.74) is 1.55. The van der Waals surface area contributed by atoms with E-state index in [1.807, 2.05) is 30.3 Å². The molecule has 0 amide bonds. The number of aromatic nitrogens is 2. The van der Waals surface area contributed by atoms with Gasteiger partial charge in [0.05, 0.1) is 24.0 Å². The van der Waals surface area contributed by atoms with E-state index in [4.69, 9.17) is 23.8 Å².